The van der Waals surface area contributed by atoms with Gasteiger partial charge in [-0.1, -0.05) is 0 Å². The Balaban J connectivity index is 3.23. The van der Waals surface area contributed by atoms with Gasteiger partial charge >= 0.3 is 11.8 Å². The highest BCUT2D eigenvalue weighted by atomic mass is 19.1. The SMILES string of the molecule is Cc1cc(F)c([N+](=O)[O-])cc1OC(=O)O. The lowest BCUT2D eigenvalue weighted by Crippen LogP contribution is -2.05. The van der Waals surface area contributed by atoms with Crippen LogP contribution in [0.4, 0.5) is 14.9 Å². The fourth-order valence-corrected chi connectivity index (χ4v) is 0.986. The Bertz CT molecular complexity index is 431. The number of carbonyl (C=O) groups is 1. The van der Waals surface area contributed by atoms with E-state index in [-0.39, 0.29) is 11.3 Å². The van der Waals surface area contributed by atoms with E-state index in [9.17, 15) is 19.3 Å². The van der Waals surface area contributed by atoms with Crippen molar-refractivity contribution in [1.29, 1.82) is 0 Å². The number of benzene rings is 1. The van der Waals surface area contributed by atoms with Crippen molar-refractivity contribution in [3.63, 3.8) is 0 Å². The van der Waals surface area contributed by atoms with E-state index in [1.807, 2.05) is 0 Å². The molecule has 1 aromatic carbocycles. The molecule has 0 spiro atoms. The second-order valence-corrected chi connectivity index (χ2v) is 2.69. The first-order valence-electron chi connectivity index (χ1n) is 3.77. The van der Waals surface area contributed by atoms with Crippen LogP contribution in [0.1, 0.15) is 5.56 Å². The Morgan fingerprint density at radius 3 is 2.67 bits per heavy atom. The van der Waals surface area contributed by atoms with E-state index < -0.39 is 22.6 Å². The Morgan fingerprint density at radius 2 is 2.20 bits per heavy atom. The van der Waals surface area contributed by atoms with Gasteiger partial charge in [0.15, 0.2) is 0 Å². The van der Waals surface area contributed by atoms with E-state index in [2.05, 4.69) is 4.74 Å². The first kappa shape index (κ1) is 10.9. The Hall–Kier alpha value is -2.18. The molecule has 1 N–H and O–H groups in total. The molecule has 0 fully saturated rings. The molecule has 0 aliphatic carbocycles. The number of nitro benzene ring substituents is 1. The molecule has 0 aliphatic heterocycles. The third-order valence-electron chi connectivity index (χ3n) is 1.64. The standard InChI is InChI=1S/C8H6FNO5/c1-4-2-5(9)6(10(13)14)3-7(4)15-8(11)12/h2-3H,1H3,(H,11,12). The van der Waals surface area contributed by atoms with Gasteiger partial charge in [0.25, 0.3) is 0 Å². The average molecular weight is 215 g/mol. The van der Waals surface area contributed by atoms with Gasteiger partial charge < -0.3 is 9.84 Å². The molecule has 7 heteroatoms. The number of halogens is 1. The lowest BCUT2D eigenvalue weighted by atomic mass is 10.2. The maximum Gasteiger partial charge on any atom is 0.511 e. The van der Waals surface area contributed by atoms with Gasteiger partial charge in [-0.25, -0.2) is 4.79 Å². The zero-order valence-electron chi connectivity index (χ0n) is 7.56. The summed E-state index contributed by atoms with van der Waals surface area (Å²) in [5.41, 5.74) is -0.655. The molecule has 0 unspecified atom stereocenters. The number of carboxylic acid groups (broad SMARTS) is 1. The molecule has 0 amide bonds. The van der Waals surface area contributed by atoms with Crippen molar-refractivity contribution >= 4 is 11.8 Å². The third-order valence-corrected chi connectivity index (χ3v) is 1.64. The van der Waals surface area contributed by atoms with E-state index in [0.29, 0.717) is 0 Å². The molecule has 0 radical (unpaired) electrons. The molecule has 0 heterocycles. The normalized spacial score (nSPS) is 9.73. The minimum atomic E-state index is -1.61. The van der Waals surface area contributed by atoms with Gasteiger partial charge in [0, 0.05) is 0 Å². The summed E-state index contributed by atoms with van der Waals surface area (Å²) in [5.74, 6) is -1.29. The number of hydrogen-bond donors (Lipinski definition) is 1. The van der Waals surface area contributed by atoms with Crippen molar-refractivity contribution in [2.45, 2.75) is 6.92 Å². The van der Waals surface area contributed by atoms with Crippen LogP contribution in [-0.4, -0.2) is 16.2 Å². The molecule has 0 saturated heterocycles. The largest absolute Gasteiger partial charge is 0.511 e. The molecular formula is C8H6FNO5. The first-order chi connectivity index (χ1) is 6.91. The molecule has 0 bridgehead atoms. The predicted molar refractivity (Wildman–Crippen MR) is 46.4 cm³/mol. The zero-order valence-corrected chi connectivity index (χ0v) is 7.56. The molecule has 0 saturated carbocycles. The van der Waals surface area contributed by atoms with Gasteiger partial charge in [-0.15, -0.1) is 0 Å². The van der Waals surface area contributed by atoms with Crippen LogP contribution < -0.4 is 4.74 Å². The monoisotopic (exact) mass is 215 g/mol. The van der Waals surface area contributed by atoms with Gasteiger partial charge in [0.2, 0.25) is 5.82 Å². The number of rotatable bonds is 2. The summed E-state index contributed by atoms with van der Waals surface area (Å²) in [4.78, 5) is 19.6. The van der Waals surface area contributed by atoms with Crippen molar-refractivity contribution in [2.24, 2.45) is 0 Å². The minimum absolute atomic E-state index is 0.167. The summed E-state index contributed by atoms with van der Waals surface area (Å²) in [6.07, 6.45) is -1.61. The molecule has 0 aromatic heterocycles. The number of aryl methyl sites for hydroxylation is 1. The fraction of sp³-hybridized carbons (Fsp3) is 0.125. The molecule has 6 nitrogen and oxygen atoms in total. The first-order valence-corrected chi connectivity index (χ1v) is 3.77. The molecule has 1 aromatic rings. The Kier molecular flexibility index (Phi) is 2.84. The van der Waals surface area contributed by atoms with E-state index in [4.69, 9.17) is 5.11 Å². The summed E-state index contributed by atoms with van der Waals surface area (Å²) < 4.78 is 17.2. The molecule has 0 aliphatic rings. The van der Waals surface area contributed by atoms with Gasteiger partial charge in [0.05, 0.1) is 11.0 Å². The molecule has 0 atom stereocenters. The lowest BCUT2D eigenvalue weighted by molar-refractivity contribution is -0.387. The summed E-state index contributed by atoms with van der Waals surface area (Å²) in [5, 5.41) is 18.6. The van der Waals surface area contributed by atoms with Crippen LogP contribution in [0.15, 0.2) is 12.1 Å². The maximum atomic E-state index is 13.0. The van der Waals surface area contributed by atoms with Crippen molar-refractivity contribution in [3.8, 4) is 5.75 Å². The van der Waals surface area contributed by atoms with Crippen LogP contribution in [0.2, 0.25) is 0 Å². The minimum Gasteiger partial charge on any atom is -0.449 e. The van der Waals surface area contributed by atoms with Gasteiger partial charge in [-0.2, -0.15) is 4.39 Å². The smallest absolute Gasteiger partial charge is 0.449 e. The van der Waals surface area contributed by atoms with Gasteiger partial charge in [-0.3, -0.25) is 10.1 Å². The quantitative estimate of drug-likeness (QED) is 0.353. The van der Waals surface area contributed by atoms with Crippen molar-refractivity contribution in [3.05, 3.63) is 33.6 Å². The van der Waals surface area contributed by atoms with Crippen molar-refractivity contribution < 1.29 is 24.0 Å². The van der Waals surface area contributed by atoms with Crippen molar-refractivity contribution in [1.82, 2.24) is 0 Å². The molecule has 15 heavy (non-hydrogen) atoms. The van der Waals surface area contributed by atoms with E-state index in [0.717, 1.165) is 12.1 Å². The summed E-state index contributed by atoms with van der Waals surface area (Å²) in [6, 6.07) is 1.58. The maximum absolute atomic E-state index is 13.0. The van der Waals surface area contributed by atoms with E-state index in [1.165, 1.54) is 6.92 Å². The van der Waals surface area contributed by atoms with Crippen LogP contribution in [0.5, 0.6) is 5.75 Å². The molecule has 80 valence electrons. The predicted octanol–water partition coefficient (Wildman–Crippen LogP) is 2.10. The van der Waals surface area contributed by atoms with Crippen LogP contribution in [0.3, 0.4) is 0 Å². The summed E-state index contributed by atoms with van der Waals surface area (Å²) >= 11 is 0. The number of nitro groups is 1. The van der Waals surface area contributed by atoms with Gasteiger partial charge in [0.1, 0.15) is 5.75 Å². The Labute approximate surface area is 83.0 Å². The fourth-order valence-electron chi connectivity index (χ4n) is 0.986. The number of nitrogens with zero attached hydrogens (tertiary/aromatic N) is 1. The third kappa shape index (κ3) is 2.39. The summed E-state index contributed by atoms with van der Waals surface area (Å²) in [6.45, 7) is 1.38. The highest BCUT2D eigenvalue weighted by Crippen LogP contribution is 2.27. The molecule has 1 rings (SSSR count). The van der Waals surface area contributed by atoms with Crippen LogP contribution >= 0.6 is 0 Å². The second-order valence-electron chi connectivity index (χ2n) is 2.69. The topological polar surface area (TPSA) is 89.7 Å². The van der Waals surface area contributed by atoms with Crippen LogP contribution in [0, 0.1) is 22.9 Å². The highest BCUT2D eigenvalue weighted by Gasteiger charge is 2.18. The van der Waals surface area contributed by atoms with Crippen LogP contribution in [0.25, 0.3) is 0 Å². The van der Waals surface area contributed by atoms with Gasteiger partial charge in [-0.05, 0) is 18.6 Å². The van der Waals surface area contributed by atoms with E-state index in [1.54, 1.807) is 0 Å². The van der Waals surface area contributed by atoms with Crippen LogP contribution in [-0.2, 0) is 0 Å². The van der Waals surface area contributed by atoms with Crippen molar-refractivity contribution in [2.75, 3.05) is 0 Å². The number of hydrogen-bond acceptors (Lipinski definition) is 4. The van der Waals surface area contributed by atoms with E-state index >= 15 is 0 Å². The number of ether oxygens (including phenoxy) is 1. The highest BCUT2D eigenvalue weighted by molar-refractivity contribution is 5.63. The molecular weight excluding hydrogens is 209 g/mol. The second kappa shape index (κ2) is 3.91. The summed E-state index contributed by atoms with van der Waals surface area (Å²) in [7, 11) is 0. The average Bonchev–Trinajstić information content (AvgIpc) is 2.08. The zero-order chi connectivity index (χ0) is 11.6. The Morgan fingerprint density at radius 1 is 1.60 bits per heavy atom. The lowest BCUT2D eigenvalue weighted by Gasteiger charge is -2.03.